The van der Waals surface area contributed by atoms with Gasteiger partial charge < -0.3 is 9.90 Å². The Bertz CT molecular complexity index is 587. The Morgan fingerprint density at radius 3 is 0.583 bits per heavy atom. The normalized spacial score (nSPS) is 12.2. The van der Waals surface area contributed by atoms with E-state index in [1.807, 2.05) is 0 Å². The van der Waals surface area contributed by atoms with Crippen LogP contribution in [0.2, 0.25) is 0 Å². The number of aliphatic carboxylic acids is 1. The third kappa shape index (κ3) is 39.9. The van der Waals surface area contributed by atoms with Crippen LogP contribution in [0, 0.1) is 5.92 Å². The molecule has 0 aromatic heterocycles. The Kier molecular flexibility index (Phi) is 42.2. The molecule has 0 heterocycles. The fourth-order valence-electron chi connectivity index (χ4n) is 7.67. The quantitative estimate of drug-likeness (QED) is 0.0603. The number of hydrogen-bond acceptors (Lipinski definition) is 2. The maximum absolute atomic E-state index is 11.6. The molecule has 0 aromatic carbocycles. The molecule has 0 radical (unpaired) electrons. The second kappa shape index (κ2) is 42.6. The van der Waals surface area contributed by atoms with Crippen LogP contribution in [-0.4, -0.2) is 5.97 Å². The highest BCUT2D eigenvalue weighted by Gasteiger charge is 2.09. The van der Waals surface area contributed by atoms with Crippen molar-refractivity contribution in [3.63, 3.8) is 0 Å². The van der Waals surface area contributed by atoms with Gasteiger partial charge in [-0.05, 0) is 18.8 Å². The first-order chi connectivity index (χ1) is 23.7. The second-order valence-corrected chi connectivity index (χ2v) is 16.0. The minimum atomic E-state index is -0.802. The Labute approximate surface area is 304 Å². The monoisotopic (exact) mass is 676 g/mol. The average Bonchev–Trinajstić information content (AvgIpc) is 3.08. The molecule has 288 valence electrons. The maximum atomic E-state index is 11.6. The summed E-state index contributed by atoms with van der Waals surface area (Å²) in [5.74, 6) is -1.01. The molecule has 0 aliphatic rings. The van der Waals surface area contributed by atoms with Gasteiger partial charge in [0.2, 0.25) is 0 Å². The van der Waals surface area contributed by atoms with Crippen molar-refractivity contribution in [3.05, 3.63) is 0 Å². The topological polar surface area (TPSA) is 40.1 Å². The Balaban J connectivity index is 3.31. The van der Waals surface area contributed by atoms with E-state index in [-0.39, 0.29) is 5.92 Å². The van der Waals surface area contributed by atoms with E-state index in [2.05, 4.69) is 13.8 Å². The van der Waals surface area contributed by atoms with Crippen molar-refractivity contribution in [2.75, 3.05) is 0 Å². The number of unbranched alkanes of at least 4 members (excludes halogenated alkanes) is 38. The largest absolute Gasteiger partial charge is 0.550 e. The molecule has 1 unspecified atom stereocenters. The number of carboxylic acid groups (broad SMARTS) is 1. The molecular formula is C46H91O2-. The van der Waals surface area contributed by atoms with Crippen molar-refractivity contribution in [1.29, 1.82) is 0 Å². The summed E-state index contributed by atoms with van der Waals surface area (Å²) < 4.78 is 0. The highest BCUT2D eigenvalue weighted by atomic mass is 16.4. The van der Waals surface area contributed by atoms with Crippen LogP contribution in [0.5, 0.6) is 0 Å². The van der Waals surface area contributed by atoms with Crippen molar-refractivity contribution in [2.45, 2.75) is 284 Å². The Morgan fingerprint density at radius 2 is 0.438 bits per heavy atom. The van der Waals surface area contributed by atoms with Gasteiger partial charge in [-0.1, -0.05) is 271 Å². The molecule has 0 fully saturated rings. The molecule has 1 atom stereocenters. The van der Waals surface area contributed by atoms with Crippen molar-refractivity contribution in [1.82, 2.24) is 0 Å². The predicted octanol–water partition coefficient (Wildman–Crippen LogP) is 15.8. The van der Waals surface area contributed by atoms with Gasteiger partial charge in [0.15, 0.2) is 0 Å². The van der Waals surface area contributed by atoms with Crippen molar-refractivity contribution in [3.8, 4) is 0 Å². The average molecular weight is 676 g/mol. The summed E-state index contributed by atoms with van der Waals surface area (Å²) in [7, 11) is 0. The molecule has 0 rings (SSSR count). The number of rotatable bonds is 43. The summed E-state index contributed by atoms with van der Waals surface area (Å²) in [6.07, 6.45) is 57.2. The Morgan fingerprint density at radius 1 is 0.292 bits per heavy atom. The van der Waals surface area contributed by atoms with Gasteiger partial charge in [0.05, 0.1) is 0 Å². The van der Waals surface area contributed by atoms with Gasteiger partial charge in [0.1, 0.15) is 0 Å². The van der Waals surface area contributed by atoms with E-state index >= 15 is 0 Å². The molecule has 0 saturated heterocycles. The van der Waals surface area contributed by atoms with E-state index in [1.165, 1.54) is 244 Å². The minimum Gasteiger partial charge on any atom is -0.550 e. The van der Waals surface area contributed by atoms with Crippen LogP contribution in [0.25, 0.3) is 0 Å². The molecule has 2 nitrogen and oxygen atoms in total. The summed E-state index contributed by atoms with van der Waals surface area (Å²) in [5.41, 5.74) is 0. The number of carboxylic acids is 1. The van der Waals surface area contributed by atoms with E-state index in [0.717, 1.165) is 25.7 Å². The summed E-state index contributed by atoms with van der Waals surface area (Å²) in [5, 5.41) is 11.6. The fourth-order valence-corrected chi connectivity index (χ4v) is 7.67. The third-order valence-electron chi connectivity index (χ3n) is 11.1. The maximum Gasteiger partial charge on any atom is 0.0445 e. The third-order valence-corrected chi connectivity index (χ3v) is 11.1. The minimum absolute atomic E-state index is 0.211. The molecular weight excluding hydrogens is 585 g/mol. The zero-order chi connectivity index (χ0) is 34.9. The highest BCUT2D eigenvalue weighted by molar-refractivity contribution is 5.67. The standard InChI is InChI=1S/C46H92O2/c1-3-5-7-9-11-13-15-17-19-20-21-22-23-24-25-26-27-28-29-30-32-34-36-38-40-42-44-45(46(47)48)43-41-39-37-35-33-31-18-16-14-12-10-8-6-4-2/h45H,3-44H2,1-2H3,(H,47,48)/p-1. The SMILES string of the molecule is CCCCCCCCCCCCCCCCCCCCCCCCCCCCC(CCCCCCCCCCCCCCCC)C(=O)[O-]. The van der Waals surface area contributed by atoms with Crippen LogP contribution >= 0.6 is 0 Å². The molecule has 0 spiro atoms. The van der Waals surface area contributed by atoms with Crippen molar-refractivity contribution in [2.24, 2.45) is 5.92 Å². The summed E-state index contributed by atoms with van der Waals surface area (Å²) in [6, 6.07) is 0. The van der Waals surface area contributed by atoms with Crippen molar-refractivity contribution >= 4 is 5.97 Å². The first-order valence-electron chi connectivity index (χ1n) is 22.9. The van der Waals surface area contributed by atoms with E-state index in [1.54, 1.807) is 0 Å². The van der Waals surface area contributed by atoms with Crippen molar-refractivity contribution < 1.29 is 9.90 Å². The van der Waals surface area contributed by atoms with Gasteiger partial charge >= 0.3 is 0 Å². The van der Waals surface area contributed by atoms with E-state index in [0.29, 0.717) is 0 Å². The van der Waals surface area contributed by atoms with Crippen LogP contribution in [0.15, 0.2) is 0 Å². The van der Waals surface area contributed by atoms with E-state index in [9.17, 15) is 9.90 Å². The van der Waals surface area contributed by atoms with Gasteiger partial charge in [0.25, 0.3) is 0 Å². The van der Waals surface area contributed by atoms with E-state index < -0.39 is 5.97 Å². The lowest BCUT2D eigenvalue weighted by molar-refractivity contribution is -0.312. The van der Waals surface area contributed by atoms with Crippen LogP contribution in [-0.2, 0) is 4.79 Å². The molecule has 0 saturated carbocycles. The first kappa shape index (κ1) is 47.5. The van der Waals surface area contributed by atoms with Gasteiger partial charge in [-0.3, -0.25) is 0 Å². The number of carbonyl (C=O) groups excluding carboxylic acids is 1. The predicted molar refractivity (Wildman–Crippen MR) is 214 cm³/mol. The zero-order valence-corrected chi connectivity index (χ0v) is 33.6. The molecule has 0 N–H and O–H groups in total. The van der Waals surface area contributed by atoms with Crippen LogP contribution in [0.1, 0.15) is 284 Å². The number of hydrogen-bond donors (Lipinski definition) is 0. The molecule has 0 aliphatic heterocycles. The van der Waals surface area contributed by atoms with Crippen LogP contribution < -0.4 is 5.11 Å². The van der Waals surface area contributed by atoms with Gasteiger partial charge in [-0.25, -0.2) is 0 Å². The van der Waals surface area contributed by atoms with Gasteiger partial charge in [0, 0.05) is 5.97 Å². The molecule has 0 aromatic rings. The molecule has 48 heavy (non-hydrogen) atoms. The first-order valence-corrected chi connectivity index (χ1v) is 22.9. The lowest BCUT2D eigenvalue weighted by Gasteiger charge is -2.17. The lowest BCUT2D eigenvalue weighted by atomic mass is 9.94. The van der Waals surface area contributed by atoms with Gasteiger partial charge in [-0.2, -0.15) is 0 Å². The van der Waals surface area contributed by atoms with Crippen LogP contribution in [0.3, 0.4) is 0 Å². The molecule has 0 amide bonds. The fraction of sp³-hybridized carbons (Fsp3) is 0.978. The molecule has 0 bridgehead atoms. The summed E-state index contributed by atoms with van der Waals surface area (Å²) in [4.78, 5) is 11.6. The molecule has 2 heteroatoms. The van der Waals surface area contributed by atoms with Crippen LogP contribution in [0.4, 0.5) is 0 Å². The Hall–Kier alpha value is -0.530. The summed E-state index contributed by atoms with van der Waals surface area (Å²) in [6.45, 7) is 4.59. The smallest absolute Gasteiger partial charge is 0.0445 e. The highest BCUT2D eigenvalue weighted by Crippen LogP contribution is 2.20. The second-order valence-electron chi connectivity index (χ2n) is 16.0. The lowest BCUT2D eigenvalue weighted by Crippen LogP contribution is -2.31. The van der Waals surface area contributed by atoms with Gasteiger partial charge in [-0.15, -0.1) is 0 Å². The zero-order valence-electron chi connectivity index (χ0n) is 33.6. The summed E-state index contributed by atoms with van der Waals surface area (Å²) >= 11 is 0. The molecule has 0 aliphatic carbocycles. The van der Waals surface area contributed by atoms with E-state index in [4.69, 9.17) is 0 Å². The number of carbonyl (C=O) groups is 1.